The minimum absolute atomic E-state index is 0. The molecule has 0 aliphatic rings. The van der Waals surface area contributed by atoms with Crippen LogP contribution in [-0.2, 0) is 101 Å². The monoisotopic (exact) mass is 2570 g/mol. The van der Waals surface area contributed by atoms with Crippen molar-refractivity contribution in [3.63, 3.8) is 0 Å². The summed E-state index contributed by atoms with van der Waals surface area (Å²) in [5.74, 6) is 0.853. The van der Waals surface area contributed by atoms with E-state index in [2.05, 4.69) is 114 Å². The SMILES string of the molecule is CC(C)(C)C(O)CC(O)C(C)(C)C.CC(C)(C)C(O)CC(O)C(C)(C)C.CC(C)c1cc(-c2[c-]cccc2)ncn1.CC(C)c1cc(-c2[c-]cccc2)ncn1.CC(O)CC(C)O.CC(O)CC(C)O.CC(O)CC(C)O.Cc1c[c-]c(-c2cc(C)ncn2)cc1.Cc1cc(-c2[c-]cccc2)ncn1.Cc1cc(-c2[c-]cccc2)ncn1.[Ir].[Ir].[Ir].[Ir].[Ir]. The van der Waals surface area contributed by atoms with Gasteiger partial charge in [0.1, 0.15) is 31.6 Å². The van der Waals surface area contributed by atoms with Gasteiger partial charge in [-0.1, -0.05) is 148 Å². The van der Waals surface area contributed by atoms with E-state index < -0.39 is 24.4 Å². The van der Waals surface area contributed by atoms with Crippen molar-refractivity contribution in [2.75, 3.05) is 0 Å². The molecule has 122 heavy (non-hydrogen) atoms. The Bertz CT molecular complexity index is 3920. The Labute approximate surface area is 799 Å². The summed E-state index contributed by atoms with van der Waals surface area (Å²) < 4.78 is 0. The van der Waals surface area contributed by atoms with Gasteiger partial charge in [-0.25, -0.2) is 24.9 Å². The van der Waals surface area contributed by atoms with Crippen molar-refractivity contribution in [3.8, 4) is 56.3 Å². The summed E-state index contributed by atoms with van der Waals surface area (Å²) in [6.07, 6.45) is 6.26. The summed E-state index contributed by atoms with van der Waals surface area (Å²) in [4.78, 5) is 41.6. The zero-order valence-electron chi connectivity index (χ0n) is 76.3. The summed E-state index contributed by atoms with van der Waals surface area (Å²) in [7, 11) is 0. The van der Waals surface area contributed by atoms with Gasteiger partial charge >= 0.3 is 0 Å². The van der Waals surface area contributed by atoms with E-state index in [9.17, 15) is 20.4 Å². The van der Waals surface area contributed by atoms with Gasteiger partial charge in [0.05, 0.1) is 61.0 Å². The van der Waals surface area contributed by atoms with Crippen molar-refractivity contribution < 1.29 is 152 Å². The number of hydrogen-bond donors (Lipinski definition) is 10. The van der Waals surface area contributed by atoms with Crippen LogP contribution < -0.4 is 0 Å². The molecule has 20 nitrogen and oxygen atoms in total. The zero-order valence-corrected chi connectivity index (χ0v) is 88.3. The molecule has 10 unspecified atom stereocenters. The molecule has 0 bridgehead atoms. The van der Waals surface area contributed by atoms with Crippen molar-refractivity contribution in [2.24, 2.45) is 21.7 Å². The van der Waals surface area contributed by atoms with Gasteiger partial charge in [-0.2, -0.15) is 0 Å². The number of rotatable bonds is 17. The van der Waals surface area contributed by atoms with Crippen LogP contribution >= 0.6 is 0 Å². The van der Waals surface area contributed by atoms with Crippen molar-refractivity contribution in [1.29, 1.82) is 0 Å². The minimum atomic E-state index is -0.443. The molecule has 0 saturated heterocycles. The Hall–Kier alpha value is -5.65. The molecule has 0 aliphatic carbocycles. The normalized spacial score (nSPS) is 13.1. The van der Waals surface area contributed by atoms with E-state index in [0.29, 0.717) is 43.9 Å². The molecule has 0 aliphatic heterocycles. The summed E-state index contributed by atoms with van der Waals surface area (Å²) in [5, 5.41) is 90.4. The maximum Gasteiger partial charge on any atom is 0.105 e. The molecule has 10 aromatic rings. The molecular formula is C97H139Ir5N10O10-5. The average Bonchev–Trinajstić information content (AvgIpc) is 0.464. The first kappa shape index (κ1) is 125. The first-order chi connectivity index (χ1) is 54.5. The van der Waals surface area contributed by atoms with E-state index in [0.717, 1.165) is 84.8 Å². The molecule has 25 heteroatoms. The summed E-state index contributed by atoms with van der Waals surface area (Å²) >= 11 is 0. The molecular weight excluding hydrogens is 2430 g/mol. The van der Waals surface area contributed by atoms with Gasteiger partial charge in [0.25, 0.3) is 0 Å². The van der Waals surface area contributed by atoms with Crippen LogP contribution in [0.5, 0.6) is 0 Å². The fourth-order valence-electron chi connectivity index (χ4n) is 9.67. The average molecular weight is 2570 g/mol. The Morgan fingerprint density at radius 1 is 0.262 bits per heavy atom. The van der Waals surface area contributed by atoms with E-state index >= 15 is 0 Å². The Morgan fingerprint density at radius 3 is 0.639 bits per heavy atom. The maximum atomic E-state index is 9.76. The number of benzene rings is 5. The van der Waals surface area contributed by atoms with Crippen LogP contribution in [0.2, 0.25) is 0 Å². The van der Waals surface area contributed by atoms with Crippen LogP contribution in [0.4, 0.5) is 0 Å². The van der Waals surface area contributed by atoms with Crippen LogP contribution in [0.1, 0.15) is 230 Å². The fraction of sp³-hybridized carbons (Fsp3) is 0.485. The van der Waals surface area contributed by atoms with Gasteiger partial charge in [0.2, 0.25) is 0 Å². The molecule has 687 valence electrons. The van der Waals surface area contributed by atoms with Crippen LogP contribution in [-0.4, -0.2) is 162 Å². The Morgan fingerprint density at radius 2 is 0.475 bits per heavy atom. The summed E-state index contributed by atoms with van der Waals surface area (Å²) in [6, 6.07) is 63.0. The third-order valence-electron chi connectivity index (χ3n) is 17.1. The van der Waals surface area contributed by atoms with Crippen LogP contribution in [0.3, 0.4) is 0 Å². The van der Waals surface area contributed by atoms with E-state index in [1.165, 1.54) is 5.56 Å². The molecule has 5 radical (unpaired) electrons. The van der Waals surface area contributed by atoms with Crippen molar-refractivity contribution in [2.45, 2.75) is 285 Å². The Balaban J connectivity index is -0.000000418. The first-order valence-electron chi connectivity index (χ1n) is 40.2. The Kier molecular flexibility index (Phi) is 67.4. The van der Waals surface area contributed by atoms with Crippen LogP contribution in [0, 0.1) is 79.7 Å². The minimum Gasteiger partial charge on any atom is -0.393 e. The summed E-state index contributed by atoms with van der Waals surface area (Å²) in [5.41, 5.74) is 15.4. The maximum absolute atomic E-state index is 9.76. The molecule has 0 spiro atoms. The second kappa shape index (κ2) is 65.8. The number of hydrogen-bond acceptors (Lipinski definition) is 20. The van der Waals surface area contributed by atoms with Crippen molar-refractivity contribution in [3.05, 3.63) is 242 Å². The molecule has 0 fully saturated rings. The molecule has 10 rings (SSSR count). The van der Waals surface area contributed by atoms with Crippen molar-refractivity contribution in [1.82, 2.24) is 49.8 Å². The largest absolute Gasteiger partial charge is 0.393 e. The second-order valence-electron chi connectivity index (χ2n) is 34.3. The molecule has 10 atom stereocenters. The molecule has 0 amide bonds. The van der Waals surface area contributed by atoms with Crippen molar-refractivity contribution >= 4 is 0 Å². The van der Waals surface area contributed by atoms with E-state index in [4.69, 9.17) is 30.6 Å². The number of aliphatic hydroxyl groups excluding tert-OH is 10. The third kappa shape index (κ3) is 58.6. The van der Waals surface area contributed by atoms with Crippen LogP contribution in [0.25, 0.3) is 56.3 Å². The third-order valence-corrected chi connectivity index (χ3v) is 17.1. The van der Waals surface area contributed by atoms with Gasteiger partial charge in [-0.05, 0) is 144 Å². The topological polar surface area (TPSA) is 331 Å². The van der Waals surface area contributed by atoms with Gasteiger partial charge in [0, 0.05) is 142 Å². The molecule has 5 aromatic heterocycles. The molecule has 5 heterocycles. The number of aryl methyl sites for hydroxylation is 4. The van der Waals surface area contributed by atoms with Gasteiger partial charge in [0.15, 0.2) is 0 Å². The van der Waals surface area contributed by atoms with Gasteiger partial charge < -0.3 is 51.1 Å². The standard InChI is InChI=1S/2C13H13N2.C12H11N2.2C11H9N2.2C11H24O2.3C5H12O2.5Ir/c2*1-10(2)12-8-13(15-9-14-12)11-6-4-3-5-7-11;1-9-3-5-11(6-4-9)12-7-10(2)13-8-14-12;2*1-9-7-11(13-8-12-9)10-5-3-2-4-6-10;2*1-10(2,3)8(12)7-9(13)11(4,5)6;3*1-4(6)3-5(2)7;;;;;/h2*3-6,8-10H,1-2H3;3-5,7-8H,1-2H3;2*2-5,7-8H,1H3;2*8-9,12-13H,7H2,1-6H3;3*4-7H,3H2,1-2H3;;;;;/q5*-1;;;;;;;;;;. The number of aromatic nitrogens is 10. The van der Waals surface area contributed by atoms with E-state index in [-0.39, 0.29) is 159 Å². The second-order valence-corrected chi connectivity index (χ2v) is 34.3. The van der Waals surface area contributed by atoms with Gasteiger partial charge in [-0.3, -0.25) is 24.9 Å². The number of nitrogens with zero attached hydrogens (tertiary/aromatic N) is 10. The first-order valence-corrected chi connectivity index (χ1v) is 40.2. The summed E-state index contributed by atoms with van der Waals surface area (Å²) in [6.45, 7) is 50.1. The van der Waals surface area contributed by atoms with E-state index in [1.807, 2.05) is 250 Å². The number of aliphatic hydroxyl groups is 10. The quantitative estimate of drug-likeness (QED) is 0.0379. The fourth-order valence-corrected chi connectivity index (χ4v) is 9.67. The molecule has 10 N–H and O–H groups in total. The van der Waals surface area contributed by atoms with Crippen LogP contribution in [0.15, 0.2) is 177 Å². The van der Waals surface area contributed by atoms with Gasteiger partial charge in [-0.15, -0.1) is 179 Å². The predicted octanol–water partition coefficient (Wildman–Crippen LogP) is 18.0. The van der Waals surface area contributed by atoms with E-state index in [1.54, 1.807) is 73.2 Å². The molecule has 5 aromatic carbocycles. The molecule has 0 saturated carbocycles. The smallest absolute Gasteiger partial charge is 0.105 e. The zero-order chi connectivity index (χ0) is 88.8. The predicted molar refractivity (Wildman–Crippen MR) is 474 cm³/mol.